The maximum Gasteiger partial charge on any atom is 0.338 e. The van der Waals surface area contributed by atoms with Crippen molar-refractivity contribution in [3.8, 4) is 0 Å². The fourth-order valence-corrected chi connectivity index (χ4v) is 2.81. The second-order valence-corrected chi connectivity index (χ2v) is 6.76. The highest BCUT2D eigenvalue weighted by atomic mass is 16.7. The van der Waals surface area contributed by atoms with Gasteiger partial charge in [-0.3, -0.25) is 0 Å². The van der Waals surface area contributed by atoms with Gasteiger partial charge >= 0.3 is 11.9 Å². The summed E-state index contributed by atoms with van der Waals surface area (Å²) in [4.78, 5) is 24.5. The molecule has 1 aliphatic heterocycles. The van der Waals surface area contributed by atoms with Crippen molar-refractivity contribution in [3.63, 3.8) is 0 Å². The number of ether oxygens (including phenoxy) is 3. The van der Waals surface area contributed by atoms with Gasteiger partial charge in [-0.15, -0.1) is 0 Å². The Balaban J connectivity index is 1.63. The third-order valence-corrected chi connectivity index (χ3v) is 4.51. The minimum Gasteiger partial charge on any atom is -0.459 e. The van der Waals surface area contributed by atoms with Gasteiger partial charge < -0.3 is 24.4 Å². The lowest BCUT2D eigenvalue weighted by atomic mass is 10.1. The van der Waals surface area contributed by atoms with Crippen molar-refractivity contribution in [2.45, 2.75) is 38.4 Å². The fourth-order valence-electron chi connectivity index (χ4n) is 2.81. The molecule has 1 saturated heterocycles. The van der Waals surface area contributed by atoms with Gasteiger partial charge in [0.25, 0.3) is 0 Å². The van der Waals surface area contributed by atoms with Crippen LogP contribution in [-0.2, 0) is 14.2 Å². The van der Waals surface area contributed by atoms with Gasteiger partial charge in [0, 0.05) is 0 Å². The van der Waals surface area contributed by atoms with Crippen molar-refractivity contribution in [2.75, 3.05) is 6.61 Å². The average Bonchev–Trinajstić information content (AvgIpc) is 2.95. The molecule has 0 radical (unpaired) electrons. The number of aliphatic hydroxyl groups is 2. The van der Waals surface area contributed by atoms with E-state index in [0.717, 1.165) is 11.1 Å². The highest BCUT2D eigenvalue weighted by Gasteiger charge is 2.46. The zero-order valence-electron chi connectivity index (χ0n) is 15.6. The van der Waals surface area contributed by atoms with Crippen molar-refractivity contribution < 1.29 is 34.0 Å². The van der Waals surface area contributed by atoms with Gasteiger partial charge in [0.05, 0.1) is 11.1 Å². The Morgan fingerprint density at radius 2 is 1.39 bits per heavy atom. The molecule has 0 aromatic heterocycles. The van der Waals surface area contributed by atoms with Gasteiger partial charge in [-0.2, -0.15) is 0 Å². The monoisotopic (exact) mass is 386 g/mol. The van der Waals surface area contributed by atoms with Gasteiger partial charge in [0.15, 0.2) is 12.4 Å². The molecule has 2 aromatic rings. The maximum atomic E-state index is 12.3. The Morgan fingerprint density at radius 3 is 1.93 bits per heavy atom. The number of aryl methyl sites for hydroxylation is 2. The minimum absolute atomic E-state index is 0.285. The van der Waals surface area contributed by atoms with Gasteiger partial charge in [-0.05, 0) is 38.1 Å². The molecular formula is C21H22O7. The van der Waals surface area contributed by atoms with Crippen LogP contribution in [0.5, 0.6) is 0 Å². The molecule has 148 valence electrons. The molecule has 1 aliphatic rings. The van der Waals surface area contributed by atoms with Crippen LogP contribution >= 0.6 is 0 Å². The van der Waals surface area contributed by atoms with Crippen LogP contribution in [0.4, 0.5) is 0 Å². The molecule has 0 aliphatic carbocycles. The van der Waals surface area contributed by atoms with E-state index in [4.69, 9.17) is 14.2 Å². The minimum atomic E-state index is -1.54. The Bertz CT molecular complexity index is 829. The van der Waals surface area contributed by atoms with E-state index < -0.39 is 36.5 Å². The molecule has 7 nitrogen and oxygen atoms in total. The van der Waals surface area contributed by atoms with Crippen LogP contribution in [0.2, 0.25) is 0 Å². The van der Waals surface area contributed by atoms with Gasteiger partial charge in [0.2, 0.25) is 0 Å². The second-order valence-electron chi connectivity index (χ2n) is 6.76. The summed E-state index contributed by atoms with van der Waals surface area (Å²) in [6.07, 6.45) is -5.15. The number of aliphatic hydroxyl groups excluding tert-OH is 2. The summed E-state index contributed by atoms with van der Waals surface area (Å²) in [7, 11) is 0. The molecule has 0 saturated carbocycles. The molecule has 0 amide bonds. The van der Waals surface area contributed by atoms with E-state index in [-0.39, 0.29) is 6.61 Å². The molecule has 1 heterocycles. The van der Waals surface area contributed by atoms with Crippen LogP contribution in [0, 0.1) is 13.8 Å². The SMILES string of the molecule is Cc1ccc(C(=O)OC[C@H]2OC(O)[C@H](O)[C@@H]2OC(=O)c2ccc(C)cc2)cc1. The highest BCUT2D eigenvalue weighted by molar-refractivity contribution is 5.90. The van der Waals surface area contributed by atoms with E-state index in [1.807, 2.05) is 13.8 Å². The van der Waals surface area contributed by atoms with E-state index in [1.54, 1.807) is 48.5 Å². The third-order valence-electron chi connectivity index (χ3n) is 4.51. The van der Waals surface area contributed by atoms with Crippen LogP contribution in [0.1, 0.15) is 31.8 Å². The van der Waals surface area contributed by atoms with Gasteiger partial charge in [-0.25, -0.2) is 9.59 Å². The number of rotatable bonds is 5. The summed E-state index contributed by atoms with van der Waals surface area (Å²) >= 11 is 0. The van der Waals surface area contributed by atoms with Crippen molar-refractivity contribution >= 4 is 11.9 Å². The first-order chi connectivity index (χ1) is 13.3. The highest BCUT2D eigenvalue weighted by Crippen LogP contribution is 2.24. The van der Waals surface area contributed by atoms with Crippen LogP contribution in [0.3, 0.4) is 0 Å². The quantitative estimate of drug-likeness (QED) is 0.755. The summed E-state index contributed by atoms with van der Waals surface area (Å²) in [6.45, 7) is 3.50. The van der Waals surface area contributed by atoms with E-state index in [0.29, 0.717) is 11.1 Å². The number of hydrogen-bond acceptors (Lipinski definition) is 7. The van der Waals surface area contributed by atoms with E-state index in [2.05, 4.69) is 0 Å². The van der Waals surface area contributed by atoms with Crippen LogP contribution in [-0.4, -0.2) is 53.4 Å². The van der Waals surface area contributed by atoms with Gasteiger partial charge in [0.1, 0.15) is 18.8 Å². The number of carbonyl (C=O) groups is 2. The summed E-state index contributed by atoms with van der Waals surface area (Å²) < 4.78 is 15.7. The summed E-state index contributed by atoms with van der Waals surface area (Å²) in [5.41, 5.74) is 2.65. The Morgan fingerprint density at radius 1 is 0.893 bits per heavy atom. The van der Waals surface area contributed by atoms with Crippen molar-refractivity contribution in [1.29, 1.82) is 0 Å². The molecule has 3 rings (SSSR count). The number of carbonyl (C=O) groups excluding carboxylic acids is 2. The lowest BCUT2D eigenvalue weighted by Crippen LogP contribution is -2.39. The summed E-state index contributed by atoms with van der Waals surface area (Å²) in [5, 5.41) is 19.9. The van der Waals surface area contributed by atoms with E-state index in [1.165, 1.54) is 0 Å². The van der Waals surface area contributed by atoms with Crippen LogP contribution in [0.25, 0.3) is 0 Å². The van der Waals surface area contributed by atoms with E-state index >= 15 is 0 Å². The fraction of sp³-hybridized carbons (Fsp3) is 0.333. The molecule has 2 aromatic carbocycles. The lowest BCUT2D eigenvalue weighted by molar-refractivity contribution is -0.133. The Labute approximate surface area is 162 Å². The summed E-state index contributed by atoms with van der Waals surface area (Å²) in [5.74, 6) is -1.25. The molecule has 1 unspecified atom stereocenters. The molecule has 0 spiro atoms. The van der Waals surface area contributed by atoms with Gasteiger partial charge in [-0.1, -0.05) is 35.4 Å². The molecule has 4 atom stereocenters. The molecule has 28 heavy (non-hydrogen) atoms. The predicted molar refractivity (Wildman–Crippen MR) is 98.7 cm³/mol. The molecule has 1 fully saturated rings. The first-order valence-electron chi connectivity index (χ1n) is 8.88. The summed E-state index contributed by atoms with van der Waals surface area (Å²) in [6, 6.07) is 13.5. The van der Waals surface area contributed by atoms with E-state index in [9.17, 15) is 19.8 Å². The smallest absolute Gasteiger partial charge is 0.338 e. The topological polar surface area (TPSA) is 102 Å². The first kappa shape index (κ1) is 20.0. The van der Waals surface area contributed by atoms with Crippen molar-refractivity contribution in [2.24, 2.45) is 0 Å². The zero-order valence-corrected chi connectivity index (χ0v) is 15.6. The largest absolute Gasteiger partial charge is 0.459 e. The average molecular weight is 386 g/mol. The molecule has 2 N–H and O–H groups in total. The normalized spacial score (nSPS) is 24.0. The molecule has 7 heteroatoms. The number of benzene rings is 2. The van der Waals surface area contributed by atoms with Crippen molar-refractivity contribution in [3.05, 3.63) is 70.8 Å². The first-order valence-corrected chi connectivity index (χ1v) is 8.88. The van der Waals surface area contributed by atoms with Crippen LogP contribution < -0.4 is 0 Å². The second kappa shape index (κ2) is 8.52. The standard InChI is InChI=1S/C21H22O7/c1-12-3-7-14(8-4-12)19(23)26-11-16-18(17(22)21(25)27-16)28-20(24)15-9-5-13(2)6-10-15/h3-10,16-18,21-22,25H,11H2,1-2H3/t16-,17-,18-,21?/m1/s1. The predicted octanol–water partition coefficient (Wildman–Crippen LogP) is 1.76. The van der Waals surface area contributed by atoms with Crippen LogP contribution in [0.15, 0.2) is 48.5 Å². The number of esters is 2. The third kappa shape index (κ3) is 4.56. The lowest BCUT2D eigenvalue weighted by Gasteiger charge is -2.20. The van der Waals surface area contributed by atoms with Crippen molar-refractivity contribution in [1.82, 2.24) is 0 Å². The molecule has 0 bridgehead atoms. The maximum absolute atomic E-state index is 12.3. The Hall–Kier alpha value is -2.74. The Kier molecular flexibility index (Phi) is 6.08. The zero-order chi connectivity index (χ0) is 20.3. The molecular weight excluding hydrogens is 364 g/mol. The number of hydrogen-bond donors (Lipinski definition) is 2.